The smallest absolute Gasteiger partial charge is 0.426 e. The van der Waals surface area contributed by atoms with Crippen LogP contribution in [-0.4, -0.2) is 80.1 Å². The van der Waals surface area contributed by atoms with Gasteiger partial charge in [0.15, 0.2) is 46.2 Å². The fraction of sp³-hybridized carbons (Fsp3) is 0.818. The van der Waals surface area contributed by atoms with Crippen LogP contribution >= 0.6 is 15.9 Å². The lowest BCUT2D eigenvalue weighted by atomic mass is 9.46. The molecular formula is C33H53BrO9Si2. The first-order valence-electron chi connectivity index (χ1n) is 16.8. The number of fused-ring (bicyclic) bond motifs is 3. The molecule has 1 aliphatic heterocycles. The molecule has 0 amide bonds. The fourth-order valence-corrected chi connectivity index (χ4v) is 15.5. The number of aliphatic hydroxyl groups is 1. The summed E-state index contributed by atoms with van der Waals surface area (Å²) in [4.78, 5) is 55.2. The zero-order valence-corrected chi connectivity index (χ0v) is 32.3. The van der Waals surface area contributed by atoms with Gasteiger partial charge in [-0.15, -0.1) is 0 Å². The van der Waals surface area contributed by atoms with Gasteiger partial charge in [0.05, 0.1) is 28.7 Å². The van der Waals surface area contributed by atoms with E-state index < -0.39 is 73.9 Å². The number of alkyl halides is 1. The minimum atomic E-state index is -2.52. The summed E-state index contributed by atoms with van der Waals surface area (Å²) in [6.45, 7) is 19.8. The molecule has 45 heavy (non-hydrogen) atoms. The van der Waals surface area contributed by atoms with Gasteiger partial charge in [0, 0.05) is 5.41 Å². The molecule has 1 spiro atoms. The van der Waals surface area contributed by atoms with E-state index >= 15 is 4.79 Å². The van der Waals surface area contributed by atoms with Crippen LogP contribution in [0.1, 0.15) is 82.1 Å². The van der Waals surface area contributed by atoms with Crippen molar-refractivity contribution in [3.63, 3.8) is 0 Å². The highest BCUT2D eigenvalue weighted by Gasteiger charge is 2.78. The summed E-state index contributed by atoms with van der Waals surface area (Å²) in [6, 6.07) is 4.75. The number of halogens is 1. The third-order valence-electron chi connectivity index (χ3n) is 12.8. The standard InChI is InChI=1S/C33H53BrO9Si2/c1-11-44(12-2,13-3)42-23-17-22(34)32(39,19-35)26-28-33(41-29(38)40-28)18-21(36)20(7)24(30(33,8)9)25(27(37)31(23,26)10)43-45(14-4,15-5)16-6/h19,22-23,25-26,28,39H,11-18H2,1-10H3/t22-,23-,25+,26-,28-,31+,32-,33+/m0/s1. The summed E-state index contributed by atoms with van der Waals surface area (Å²) in [5, 5.41) is 12.4. The molecule has 4 rings (SSSR count). The average Bonchev–Trinajstić information content (AvgIpc) is 3.34. The molecule has 2 bridgehead atoms. The van der Waals surface area contributed by atoms with Crippen molar-refractivity contribution >= 4 is 56.6 Å². The van der Waals surface area contributed by atoms with Crippen molar-refractivity contribution in [2.75, 3.05) is 0 Å². The van der Waals surface area contributed by atoms with Crippen LogP contribution < -0.4 is 0 Å². The molecule has 0 radical (unpaired) electrons. The number of allylic oxidation sites excluding steroid dienone is 1. The Morgan fingerprint density at radius 1 is 0.933 bits per heavy atom. The van der Waals surface area contributed by atoms with Gasteiger partial charge < -0.3 is 28.2 Å². The summed E-state index contributed by atoms with van der Waals surface area (Å²) >= 11 is 3.62. The summed E-state index contributed by atoms with van der Waals surface area (Å²) < 4.78 is 26.4. The van der Waals surface area contributed by atoms with E-state index in [0.29, 0.717) is 17.4 Å². The molecular weight excluding hydrogens is 676 g/mol. The predicted octanol–water partition coefficient (Wildman–Crippen LogP) is 6.66. The highest BCUT2D eigenvalue weighted by atomic mass is 79.9. The van der Waals surface area contributed by atoms with Gasteiger partial charge in [0.1, 0.15) is 11.7 Å². The van der Waals surface area contributed by atoms with Gasteiger partial charge in [-0.25, -0.2) is 4.79 Å². The zero-order valence-electron chi connectivity index (χ0n) is 28.7. The summed E-state index contributed by atoms with van der Waals surface area (Å²) in [6.07, 6.45) is -3.73. The number of aldehydes is 1. The second-order valence-corrected chi connectivity index (χ2v) is 25.0. The number of ether oxygens (including phenoxy) is 2. The number of rotatable bonds is 11. The SMILES string of the molecule is CC[Si](CC)(CC)O[C@H]1C(=O)[C@]2(C)[C@@H](O[Si](CC)(CC)CC)C[C@H](Br)[C@@](O)(C=O)[C@H]2[C@@H]2OC(=O)O[C@]23CC(=O)C(C)=C1C3(C)C. The van der Waals surface area contributed by atoms with Crippen LogP contribution in [0.25, 0.3) is 0 Å². The minimum Gasteiger partial charge on any atom is -0.426 e. The lowest BCUT2D eigenvalue weighted by Crippen LogP contribution is -2.76. The maximum absolute atomic E-state index is 15.7. The highest BCUT2D eigenvalue weighted by Crippen LogP contribution is 2.65. The van der Waals surface area contributed by atoms with E-state index in [1.807, 2.05) is 13.8 Å². The van der Waals surface area contributed by atoms with Crippen LogP contribution in [0.2, 0.25) is 36.3 Å². The van der Waals surface area contributed by atoms with Gasteiger partial charge in [-0.2, -0.15) is 0 Å². The topological polar surface area (TPSA) is 125 Å². The maximum Gasteiger partial charge on any atom is 0.509 e. The van der Waals surface area contributed by atoms with Gasteiger partial charge in [-0.05, 0) is 67.7 Å². The Bertz CT molecular complexity index is 1240. The molecule has 2 saturated carbocycles. The first-order valence-corrected chi connectivity index (χ1v) is 22.8. The zero-order chi connectivity index (χ0) is 34.0. The van der Waals surface area contributed by atoms with Crippen LogP contribution in [0.4, 0.5) is 4.79 Å². The lowest BCUT2D eigenvalue weighted by molar-refractivity contribution is -0.212. The Kier molecular flexibility index (Phi) is 10.1. The van der Waals surface area contributed by atoms with Crippen LogP contribution in [-0.2, 0) is 32.7 Å². The van der Waals surface area contributed by atoms with E-state index in [9.17, 15) is 19.5 Å². The van der Waals surface area contributed by atoms with Crippen molar-refractivity contribution in [2.45, 2.75) is 153 Å². The summed E-state index contributed by atoms with van der Waals surface area (Å²) in [5.74, 6) is -1.91. The normalized spacial score (nSPS) is 38.1. The Hall–Kier alpha value is -1.19. The van der Waals surface area contributed by atoms with Gasteiger partial charge in [0.25, 0.3) is 0 Å². The Balaban J connectivity index is 2.15. The van der Waals surface area contributed by atoms with Crippen molar-refractivity contribution in [3.8, 4) is 0 Å². The van der Waals surface area contributed by atoms with Crippen molar-refractivity contribution in [1.82, 2.24) is 0 Å². The highest BCUT2D eigenvalue weighted by molar-refractivity contribution is 9.09. The van der Waals surface area contributed by atoms with E-state index in [4.69, 9.17) is 18.3 Å². The first kappa shape index (κ1) is 36.6. The van der Waals surface area contributed by atoms with E-state index in [1.54, 1.807) is 13.8 Å². The molecule has 1 saturated heterocycles. The van der Waals surface area contributed by atoms with Crippen LogP contribution in [0.5, 0.6) is 0 Å². The Morgan fingerprint density at radius 2 is 1.44 bits per heavy atom. The van der Waals surface area contributed by atoms with Crippen LogP contribution in [0, 0.1) is 16.7 Å². The van der Waals surface area contributed by atoms with E-state index in [2.05, 4.69) is 57.5 Å². The molecule has 9 nitrogen and oxygen atoms in total. The largest absolute Gasteiger partial charge is 0.509 e. The quantitative estimate of drug-likeness (QED) is 0.108. The molecule has 0 aromatic heterocycles. The van der Waals surface area contributed by atoms with Crippen LogP contribution in [0.3, 0.4) is 0 Å². The van der Waals surface area contributed by atoms with Gasteiger partial charge in [-0.1, -0.05) is 71.3 Å². The second-order valence-electron chi connectivity index (χ2n) is 14.5. The molecule has 0 aromatic rings. The maximum atomic E-state index is 15.7. The third-order valence-corrected chi connectivity index (χ3v) is 23.2. The van der Waals surface area contributed by atoms with Crippen molar-refractivity contribution in [2.24, 2.45) is 16.7 Å². The predicted molar refractivity (Wildman–Crippen MR) is 179 cm³/mol. The van der Waals surface area contributed by atoms with Crippen molar-refractivity contribution in [3.05, 3.63) is 11.1 Å². The molecule has 254 valence electrons. The van der Waals surface area contributed by atoms with Crippen LogP contribution in [0.15, 0.2) is 11.1 Å². The summed E-state index contributed by atoms with van der Waals surface area (Å²) in [7, 11) is -4.89. The Labute approximate surface area is 278 Å². The van der Waals surface area contributed by atoms with Gasteiger partial charge in [-0.3, -0.25) is 9.59 Å². The number of carbonyl (C=O) groups is 4. The Morgan fingerprint density at radius 3 is 1.93 bits per heavy atom. The molecule has 4 aliphatic rings. The molecule has 12 heteroatoms. The second kappa shape index (κ2) is 12.4. The third kappa shape index (κ3) is 5.05. The minimum absolute atomic E-state index is 0.183. The summed E-state index contributed by atoms with van der Waals surface area (Å²) in [5.41, 5.74) is -5.50. The number of ketones is 2. The molecule has 3 aliphatic carbocycles. The lowest BCUT2D eigenvalue weighted by Gasteiger charge is -2.62. The number of hydrogen-bond donors (Lipinski definition) is 1. The molecule has 3 fully saturated rings. The average molecular weight is 730 g/mol. The molecule has 0 aromatic carbocycles. The molecule has 8 atom stereocenters. The first-order chi connectivity index (χ1) is 20.9. The van der Waals surface area contributed by atoms with E-state index in [1.165, 1.54) is 0 Å². The molecule has 0 unspecified atom stereocenters. The van der Waals surface area contributed by atoms with E-state index in [0.717, 1.165) is 36.3 Å². The molecule has 1 N–H and O–H groups in total. The molecule has 1 heterocycles. The van der Waals surface area contributed by atoms with Crippen molar-refractivity contribution < 1.29 is 42.6 Å². The van der Waals surface area contributed by atoms with Gasteiger partial charge in [0.2, 0.25) is 0 Å². The number of Topliss-reactive ketones (excluding diaryl/α,β-unsaturated/α-hetero) is 2. The number of carbonyl (C=O) groups excluding carboxylic acids is 4. The van der Waals surface area contributed by atoms with E-state index in [-0.39, 0.29) is 24.4 Å². The van der Waals surface area contributed by atoms with Crippen molar-refractivity contribution in [1.29, 1.82) is 0 Å². The fourth-order valence-electron chi connectivity index (χ4n) is 9.11. The number of hydrogen-bond acceptors (Lipinski definition) is 9. The monoisotopic (exact) mass is 728 g/mol. The van der Waals surface area contributed by atoms with Gasteiger partial charge >= 0.3 is 6.16 Å².